The molecule has 0 N–H and O–H groups in total. The molecule has 0 bridgehead atoms. The van der Waals surface area contributed by atoms with Crippen LogP contribution in [0.4, 0.5) is 0 Å². The van der Waals surface area contributed by atoms with Crippen LogP contribution in [0.25, 0.3) is 0 Å². The van der Waals surface area contributed by atoms with Gasteiger partial charge in [-0.15, -0.1) is 0 Å². The molecule has 0 amide bonds. The Kier molecular flexibility index (Phi) is 7.31. The van der Waals surface area contributed by atoms with Crippen molar-refractivity contribution in [2.75, 3.05) is 52.5 Å². The Morgan fingerprint density at radius 3 is 2.04 bits per heavy atom. The Hall–Kier alpha value is -1.88. The third-order valence-electron chi connectivity index (χ3n) is 4.51. The topological polar surface area (TPSA) is 24.9 Å². The largest absolute Gasteiger partial charge is 0.491 e. The molecule has 1 fully saturated rings. The molecule has 0 atom stereocenters. The summed E-state index contributed by atoms with van der Waals surface area (Å²) in [6.07, 6.45) is 0. The molecule has 0 aliphatic carbocycles. The quantitative estimate of drug-likeness (QED) is 0.655. The van der Waals surface area contributed by atoms with Crippen LogP contribution in [0.15, 0.2) is 60.7 Å². The maximum atomic E-state index is 5.70. The van der Waals surface area contributed by atoms with Crippen molar-refractivity contribution in [1.29, 1.82) is 0 Å². The highest BCUT2D eigenvalue weighted by atomic mass is 16.5. The number of hydrogen-bond donors (Lipinski definition) is 0. The summed E-state index contributed by atoms with van der Waals surface area (Å²) >= 11 is 0. The Balaban J connectivity index is 1.22. The predicted octanol–water partition coefficient (Wildman–Crippen LogP) is 2.90. The summed E-state index contributed by atoms with van der Waals surface area (Å²) in [5, 5.41) is 0. The van der Waals surface area contributed by atoms with Crippen LogP contribution in [0.1, 0.15) is 5.56 Å². The maximum absolute atomic E-state index is 5.70. The van der Waals surface area contributed by atoms with E-state index in [-0.39, 0.29) is 0 Å². The lowest BCUT2D eigenvalue weighted by molar-refractivity contribution is 0.0602. The fourth-order valence-corrected chi connectivity index (χ4v) is 3.04. The lowest BCUT2D eigenvalue weighted by atomic mass is 10.2. The molecule has 0 radical (unpaired) electrons. The number of nitrogens with zero attached hydrogens (tertiary/aromatic N) is 2. The molecule has 25 heavy (non-hydrogen) atoms. The van der Waals surface area contributed by atoms with Crippen molar-refractivity contribution < 1.29 is 9.47 Å². The van der Waals surface area contributed by atoms with Crippen molar-refractivity contribution in [3.63, 3.8) is 0 Å². The number of benzene rings is 2. The van der Waals surface area contributed by atoms with E-state index in [1.807, 2.05) is 30.3 Å². The summed E-state index contributed by atoms with van der Waals surface area (Å²) in [6.45, 7) is 8.59. The van der Waals surface area contributed by atoms with Crippen molar-refractivity contribution >= 4 is 0 Å². The van der Waals surface area contributed by atoms with Gasteiger partial charge in [0.1, 0.15) is 12.4 Å². The molecule has 4 heteroatoms. The third kappa shape index (κ3) is 6.50. The smallest absolute Gasteiger partial charge is 0.119 e. The van der Waals surface area contributed by atoms with Crippen LogP contribution in [-0.2, 0) is 11.3 Å². The van der Waals surface area contributed by atoms with Crippen molar-refractivity contribution in [3.05, 3.63) is 66.2 Å². The van der Waals surface area contributed by atoms with Crippen molar-refractivity contribution in [2.45, 2.75) is 6.54 Å². The van der Waals surface area contributed by atoms with Gasteiger partial charge in [0.05, 0.1) is 13.2 Å². The minimum atomic E-state index is 0.606. The molecule has 2 aromatic rings. The molecule has 1 aliphatic heterocycles. The van der Waals surface area contributed by atoms with E-state index in [2.05, 4.69) is 40.1 Å². The van der Waals surface area contributed by atoms with Crippen LogP contribution in [0, 0.1) is 0 Å². The Bertz CT molecular complexity index is 583. The Labute approximate surface area is 151 Å². The summed E-state index contributed by atoms with van der Waals surface area (Å²) in [5.41, 5.74) is 1.40. The zero-order valence-electron chi connectivity index (χ0n) is 14.8. The van der Waals surface area contributed by atoms with Crippen molar-refractivity contribution in [2.24, 2.45) is 0 Å². The third-order valence-corrected chi connectivity index (χ3v) is 4.51. The molecular formula is C21H28N2O2. The van der Waals surface area contributed by atoms with E-state index in [0.717, 1.165) is 51.6 Å². The van der Waals surface area contributed by atoms with Gasteiger partial charge in [0.25, 0.3) is 0 Å². The summed E-state index contributed by atoms with van der Waals surface area (Å²) in [4.78, 5) is 5.01. The van der Waals surface area contributed by atoms with Gasteiger partial charge in [0.2, 0.25) is 0 Å². The first kappa shape index (κ1) is 17.9. The lowest BCUT2D eigenvalue weighted by Gasteiger charge is -2.34. The highest BCUT2D eigenvalue weighted by Crippen LogP contribution is 2.09. The second kappa shape index (κ2) is 10.2. The highest BCUT2D eigenvalue weighted by molar-refractivity contribution is 5.20. The minimum absolute atomic E-state index is 0.606. The molecule has 134 valence electrons. The SMILES string of the molecule is c1ccc(CN2CCN(CCOCCOc3ccccc3)CC2)cc1. The zero-order chi connectivity index (χ0) is 17.2. The first-order valence-electron chi connectivity index (χ1n) is 9.14. The van der Waals surface area contributed by atoms with Gasteiger partial charge in [0, 0.05) is 39.3 Å². The minimum Gasteiger partial charge on any atom is -0.491 e. The number of para-hydroxylation sites is 1. The molecule has 0 saturated carbocycles. The van der Waals surface area contributed by atoms with E-state index in [4.69, 9.17) is 9.47 Å². The van der Waals surface area contributed by atoms with Gasteiger partial charge in [-0.1, -0.05) is 48.5 Å². The van der Waals surface area contributed by atoms with Gasteiger partial charge >= 0.3 is 0 Å². The van der Waals surface area contributed by atoms with E-state index in [1.165, 1.54) is 5.56 Å². The van der Waals surface area contributed by atoms with E-state index in [1.54, 1.807) is 0 Å². The first-order chi connectivity index (χ1) is 12.4. The second-order valence-electron chi connectivity index (χ2n) is 6.38. The monoisotopic (exact) mass is 340 g/mol. The fourth-order valence-electron chi connectivity index (χ4n) is 3.04. The predicted molar refractivity (Wildman–Crippen MR) is 101 cm³/mol. The van der Waals surface area contributed by atoms with Crippen LogP contribution >= 0.6 is 0 Å². The molecule has 0 spiro atoms. The van der Waals surface area contributed by atoms with Crippen molar-refractivity contribution in [1.82, 2.24) is 9.80 Å². The van der Waals surface area contributed by atoms with Gasteiger partial charge in [-0.05, 0) is 17.7 Å². The average Bonchev–Trinajstić information content (AvgIpc) is 2.67. The number of rotatable bonds is 9. The summed E-state index contributed by atoms with van der Waals surface area (Å²) < 4.78 is 11.3. The van der Waals surface area contributed by atoms with Gasteiger partial charge in [-0.25, -0.2) is 0 Å². The van der Waals surface area contributed by atoms with Crippen LogP contribution in [-0.4, -0.2) is 62.3 Å². The van der Waals surface area contributed by atoms with E-state index in [0.29, 0.717) is 13.2 Å². The molecule has 2 aromatic carbocycles. The van der Waals surface area contributed by atoms with E-state index >= 15 is 0 Å². The molecule has 1 saturated heterocycles. The molecule has 1 aliphatic rings. The second-order valence-corrected chi connectivity index (χ2v) is 6.38. The first-order valence-corrected chi connectivity index (χ1v) is 9.14. The molecule has 4 nitrogen and oxygen atoms in total. The van der Waals surface area contributed by atoms with Gasteiger partial charge < -0.3 is 9.47 Å². The Morgan fingerprint density at radius 1 is 0.680 bits per heavy atom. The molecule has 0 unspecified atom stereocenters. The van der Waals surface area contributed by atoms with Gasteiger partial charge in [0.15, 0.2) is 0 Å². The maximum Gasteiger partial charge on any atom is 0.119 e. The van der Waals surface area contributed by atoms with Crippen LogP contribution < -0.4 is 4.74 Å². The number of ether oxygens (including phenoxy) is 2. The Morgan fingerprint density at radius 2 is 1.32 bits per heavy atom. The summed E-state index contributed by atoms with van der Waals surface area (Å²) in [6, 6.07) is 20.6. The van der Waals surface area contributed by atoms with Gasteiger partial charge in [-0.2, -0.15) is 0 Å². The highest BCUT2D eigenvalue weighted by Gasteiger charge is 2.16. The fraction of sp³-hybridized carbons (Fsp3) is 0.429. The zero-order valence-corrected chi connectivity index (χ0v) is 14.8. The van der Waals surface area contributed by atoms with Crippen molar-refractivity contribution in [3.8, 4) is 5.75 Å². The summed E-state index contributed by atoms with van der Waals surface area (Å²) in [7, 11) is 0. The van der Waals surface area contributed by atoms with E-state index in [9.17, 15) is 0 Å². The standard InChI is InChI=1S/C21H28N2O2/c1-3-7-20(8-4-1)19-23-13-11-22(12-14-23)15-16-24-17-18-25-21-9-5-2-6-10-21/h1-10H,11-19H2. The molecular weight excluding hydrogens is 312 g/mol. The van der Waals surface area contributed by atoms with Gasteiger partial charge in [-0.3, -0.25) is 9.80 Å². The lowest BCUT2D eigenvalue weighted by Crippen LogP contribution is -2.46. The molecule has 3 rings (SSSR count). The molecule has 1 heterocycles. The number of piperazine rings is 1. The van der Waals surface area contributed by atoms with Crippen LogP contribution in [0.5, 0.6) is 5.75 Å². The number of hydrogen-bond acceptors (Lipinski definition) is 4. The van der Waals surface area contributed by atoms with Crippen LogP contribution in [0.2, 0.25) is 0 Å². The average molecular weight is 340 g/mol. The molecule has 0 aromatic heterocycles. The van der Waals surface area contributed by atoms with Crippen LogP contribution in [0.3, 0.4) is 0 Å². The van der Waals surface area contributed by atoms with E-state index < -0.39 is 0 Å². The normalized spacial score (nSPS) is 16.0. The summed E-state index contributed by atoms with van der Waals surface area (Å²) in [5.74, 6) is 0.903.